The van der Waals surface area contributed by atoms with E-state index in [1.54, 1.807) is 6.92 Å². The molecule has 2 amide bonds. The van der Waals surface area contributed by atoms with E-state index in [9.17, 15) is 9.59 Å². The lowest BCUT2D eigenvalue weighted by atomic mass is 10.0. The minimum atomic E-state index is -0.203. The first kappa shape index (κ1) is 19.0. The molecule has 0 saturated carbocycles. The van der Waals surface area contributed by atoms with Crippen molar-refractivity contribution < 1.29 is 14.3 Å². The summed E-state index contributed by atoms with van der Waals surface area (Å²) in [7, 11) is 0. The first-order valence-electron chi connectivity index (χ1n) is 9.29. The van der Waals surface area contributed by atoms with Gasteiger partial charge in [0.2, 0.25) is 11.8 Å². The highest BCUT2D eigenvalue weighted by atomic mass is 16.5. The number of amides is 2. The van der Waals surface area contributed by atoms with Crippen LogP contribution in [-0.2, 0) is 20.7 Å². The van der Waals surface area contributed by atoms with Gasteiger partial charge < -0.3 is 10.1 Å². The van der Waals surface area contributed by atoms with Crippen molar-refractivity contribution in [2.45, 2.75) is 38.7 Å². The Labute approximate surface area is 159 Å². The quantitative estimate of drug-likeness (QED) is 0.583. The number of hydrogen-bond donors (Lipinski definition) is 2. The smallest absolute Gasteiger partial charge is 0.244 e. The molecule has 0 radical (unpaired) electrons. The van der Waals surface area contributed by atoms with Gasteiger partial charge in [0.25, 0.3) is 0 Å². The molecular weight excluding hydrogens is 342 g/mol. The van der Waals surface area contributed by atoms with Gasteiger partial charge in [-0.05, 0) is 36.1 Å². The predicted octanol–water partition coefficient (Wildman–Crippen LogP) is 2.56. The number of hydrogen-bond acceptors (Lipinski definition) is 4. The van der Waals surface area contributed by atoms with Crippen molar-refractivity contribution >= 4 is 28.3 Å². The van der Waals surface area contributed by atoms with E-state index < -0.39 is 0 Å². The predicted molar refractivity (Wildman–Crippen MR) is 106 cm³/mol. The average Bonchev–Trinajstić information content (AvgIpc) is 3.19. The maximum absolute atomic E-state index is 12.2. The topological polar surface area (TPSA) is 79.8 Å². The number of fused-ring (bicyclic) bond motifs is 1. The molecular formula is C21H25N3O3. The van der Waals surface area contributed by atoms with Gasteiger partial charge in [0.15, 0.2) is 0 Å². The summed E-state index contributed by atoms with van der Waals surface area (Å²) in [4.78, 5) is 24.1. The van der Waals surface area contributed by atoms with Crippen LogP contribution in [0.3, 0.4) is 0 Å². The van der Waals surface area contributed by atoms with Gasteiger partial charge in [-0.3, -0.25) is 9.59 Å². The highest BCUT2D eigenvalue weighted by Gasteiger charge is 2.16. The van der Waals surface area contributed by atoms with Crippen molar-refractivity contribution in [2.75, 3.05) is 13.2 Å². The van der Waals surface area contributed by atoms with Gasteiger partial charge in [-0.25, -0.2) is 5.43 Å². The summed E-state index contributed by atoms with van der Waals surface area (Å²) >= 11 is 0. The van der Waals surface area contributed by atoms with E-state index in [-0.39, 0.29) is 30.8 Å². The van der Waals surface area contributed by atoms with Gasteiger partial charge in [0.1, 0.15) is 0 Å². The summed E-state index contributed by atoms with van der Waals surface area (Å²) in [5.41, 5.74) is 4.06. The first-order valence-corrected chi connectivity index (χ1v) is 9.29. The lowest BCUT2D eigenvalue weighted by molar-refractivity contribution is -0.121. The molecule has 27 heavy (non-hydrogen) atoms. The van der Waals surface area contributed by atoms with Gasteiger partial charge in [0, 0.05) is 18.9 Å². The standard InChI is InChI=1S/C21H25N3O3/c1-15(12-20(25)22-14-18-9-5-11-27-18)23-24-21(26)13-17-8-4-7-16-6-2-3-10-19(16)17/h2-4,6-8,10,18H,5,9,11-14H2,1H3,(H,22,25)(H,24,26)/b23-15-/t18-/m1/s1. The Morgan fingerprint density at radius 2 is 1.96 bits per heavy atom. The van der Waals surface area contributed by atoms with Crippen LogP contribution in [0.15, 0.2) is 47.6 Å². The molecule has 0 bridgehead atoms. The summed E-state index contributed by atoms with van der Waals surface area (Å²) in [5.74, 6) is -0.319. The van der Waals surface area contributed by atoms with Crippen molar-refractivity contribution in [3.8, 4) is 0 Å². The van der Waals surface area contributed by atoms with Gasteiger partial charge in [0.05, 0.1) is 18.9 Å². The van der Waals surface area contributed by atoms with Crippen molar-refractivity contribution in [2.24, 2.45) is 5.10 Å². The summed E-state index contributed by atoms with van der Waals surface area (Å²) < 4.78 is 5.47. The SMILES string of the molecule is C/C(CC(=O)NC[C@H]1CCCO1)=N/NC(=O)Cc1cccc2ccccc12. The van der Waals surface area contributed by atoms with Gasteiger partial charge in [-0.1, -0.05) is 42.5 Å². The summed E-state index contributed by atoms with van der Waals surface area (Å²) in [6.07, 6.45) is 2.54. The van der Waals surface area contributed by atoms with Gasteiger partial charge in [-0.2, -0.15) is 5.10 Å². The second kappa shape index (κ2) is 9.28. The second-order valence-corrected chi connectivity index (χ2v) is 6.81. The Balaban J connectivity index is 1.47. The monoisotopic (exact) mass is 367 g/mol. The lowest BCUT2D eigenvalue weighted by Gasteiger charge is -2.10. The Bertz CT molecular complexity index is 836. The zero-order valence-corrected chi connectivity index (χ0v) is 15.5. The third-order valence-corrected chi connectivity index (χ3v) is 4.57. The fraction of sp³-hybridized carbons (Fsp3) is 0.381. The van der Waals surface area contributed by atoms with E-state index in [2.05, 4.69) is 15.8 Å². The van der Waals surface area contributed by atoms with Gasteiger partial charge >= 0.3 is 0 Å². The van der Waals surface area contributed by atoms with E-state index in [1.165, 1.54) is 0 Å². The van der Waals surface area contributed by atoms with Crippen LogP contribution in [0.2, 0.25) is 0 Å². The highest BCUT2D eigenvalue weighted by Crippen LogP contribution is 2.18. The van der Waals surface area contributed by atoms with Crippen molar-refractivity contribution in [3.63, 3.8) is 0 Å². The minimum absolute atomic E-state index is 0.116. The van der Waals surface area contributed by atoms with E-state index >= 15 is 0 Å². The molecule has 6 nitrogen and oxygen atoms in total. The van der Waals surface area contributed by atoms with Crippen LogP contribution in [0, 0.1) is 0 Å². The van der Waals surface area contributed by atoms with Crippen LogP contribution in [0.25, 0.3) is 10.8 Å². The number of nitrogens with one attached hydrogen (secondary N) is 2. The third kappa shape index (κ3) is 5.62. The van der Waals surface area contributed by atoms with E-state index in [0.717, 1.165) is 35.8 Å². The molecule has 142 valence electrons. The van der Waals surface area contributed by atoms with E-state index in [0.29, 0.717) is 12.3 Å². The highest BCUT2D eigenvalue weighted by molar-refractivity contribution is 6.00. The summed E-state index contributed by atoms with van der Waals surface area (Å²) in [6, 6.07) is 13.9. The van der Waals surface area contributed by atoms with Crippen molar-refractivity contribution in [1.29, 1.82) is 0 Å². The number of carbonyl (C=O) groups excluding carboxylic acids is 2. The number of hydrazone groups is 1. The van der Waals surface area contributed by atoms with Crippen LogP contribution in [0.1, 0.15) is 31.7 Å². The molecule has 1 atom stereocenters. The normalized spacial score (nSPS) is 17.1. The van der Waals surface area contributed by atoms with E-state index in [4.69, 9.17) is 4.74 Å². The van der Waals surface area contributed by atoms with Crippen molar-refractivity contribution in [1.82, 2.24) is 10.7 Å². The molecule has 2 aromatic carbocycles. The van der Waals surface area contributed by atoms with Crippen LogP contribution < -0.4 is 10.7 Å². The first-order chi connectivity index (χ1) is 13.1. The molecule has 1 aliphatic rings. The number of nitrogens with zero attached hydrogens (tertiary/aromatic N) is 1. The molecule has 1 saturated heterocycles. The molecule has 3 rings (SSSR count). The molecule has 6 heteroatoms. The largest absolute Gasteiger partial charge is 0.376 e. The molecule has 2 aromatic rings. The summed E-state index contributed by atoms with van der Waals surface area (Å²) in [5, 5.41) is 9.05. The zero-order chi connectivity index (χ0) is 19.1. The number of carbonyl (C=O) groups is 2. The Morgan fingerprint density at radius 3 is 2.78 bits per heavy atom. The van der Waals surface area contributed by atoms with Crippen LogP contribution in [-0.4, -0.2) is 36.8 Å². The summed E-state index contributed by atoms with van der Waals surface area (Å²) in [6.45, 7) is 3.02. The Morgan fingerprint density at radius 1 is 1.15 bits per heavy atom. The lowest BCUT2D eigenvalue weighted by Crippen LogP contribution is -2.33. The molecule has 2 N–H and O–H groups in total. The number of benzene rings is 2. The molecule has 1 aliphatic heterocycles. The molecule has 0 aliphatic carbocycles. The maximum Gasteiger partial charge on any atom is 0.244 e. The number of ether oxygens (including phenoxy) is 1. The average molecular weight is 367 g/mol. The fourth-order valence-electron chi connectivity index (χ4n) is 3.18. The Kier molecular flexibility index (Phi) is 6.54. The molecule has 1 heterocycles. The van der Waals surface area contributed by atoms with Crippen LogP contribution in [0.4, 0.5) is 0 Å². The van der Waals surface area contributed by atoms with E-state index in [1.807, 2.05) is 42.5 Å². The zero-order valence-electron chi connectivity index (χ0n) is 15.5. The minimum Gasteiger partial charge on any atom is -0.376 e. The molecule has 0 aromatic heterocycles. The molecule has 0 spiro atoms. The second-order valence-electron chi connectivity index (χ2n) is 6.81. The fourth-order valence-corrected chi connectivity index (χ4v) is 3.18. The van der Waals surface area contributed by atoms with Crippen molar-refractivity contribution in [3.05, 3.63) is 48.0 Å². The number of rotatable bonds is 7. The maximum atomic E-state index is 12.2. The molecule has 0 unspecified atom stereocenters. The Hall–Kier alpha value is -2.73. The van der Waals surface area contributed by atoms with Crippen LogP contribution in [0.5, 0.6) is 0 Å². The molecule has 1 fully saturated rings. The van der Waals surface area contributed by atoms with Gasteiger partial charge in [-0.15, -0.1) is 0 Å². The van der Waals surface area contributed by atoms with Crippen LogP contribution >= 0.6 is 0 Å². The third-order valence-electron chi connectivity index (χ3n) is 4.57.